The number of carbonyl (C=O) groups excluding carboxylic acids is 2. The quantitative estimate of drug-likeness (QED) is 0.809. The first kappa shape index (κ1) is 17.5. The molecule has 0 heterocycles. The molecule has 0 fully saturated rings. The molecule has 0 aliphatic carbocycles. The van der Waals surface area contributed by atoms with Crippen LogP contribution < -0.4 is 10.1 Å². The number of amides is 1. The summed E-state index contributed by atoms with van der Waals surface area (Å²) in [6, 6.07) is 13.2. The van der Waals surface area contributed by atoms with E-state index in [0.29, 0.717) is 34.2 Å². The number of benzene rings is 2. The zero-order chi connectivity index (χ0) is 17.5. The lowest BCUT2D eigenvalue weighted by molar-refractivity contribution is -0.115. The maximum Gasteiger partial charge on any atom is 0.238 e. The number of ketones is 1. The Morgan fingerprint density at radius 3 is 2.46 bits per heavy atom. The van der Waals surface area contributed by atoms with Gasteiger partial charge in [0.15, 0.2) is 5.78 Å². The summed E-state index contributed by atoms with van der Waals surface area (Å²) in [6.45, 7) is 2.44. The molecule has 1 N–H and O–H groups in total. The van der Waals surface area contributed by atoms with E-state index in [4.69, 9.17) is 21.6 Å². The maximum atomic E-state index is 12.5. The second-order valence-corrected chi connectivity index (χ2v) is 5.27. The van der Waals surface area contributed by atoms with Gasteiger partial charge in [-0.1, -0.05) is 11.6 Å². The Hall–Kier alpha value is -2.84. The molecule has 0 atom stereocenters. The van der Waals surface area contributed by atoms with Crippen LogP contribution in [0, 0.1) is 11.3 Å². The van der Waals surface area contributed by atoms with Gasteiger partial charge < -0.3 is 10.1 Å². The van der Waals surface area contributed by atoms with Gasteiger partial charge in [-0.25, -0.2) is 0 Å². The Bertz CT molecular complexity index is 795. The van der Waals surface area contributed by atoms with Crippen molar-refractivity contribution in [2.75, 3.05) is 11.9 Å². The van der Waals surface area contributed by atoms with E-state index in [1.165, 1.54) is 12.1 Å². The van der Waals surface area contributed by atoms with Crippen molar-refractivity contribution in [1.82, 2.24) is 0 Å². The number of nitrogens with one attached hydrogen (secondary N) is 1. The summed E-state index contributed by atoms with van der Waals surface area (Å²) in [6.07, 6.45) is -0.284. The van der Waals surface area contributed by atoms with Crippen molar-refractivity contribution in [2.24, 2.45) is 0 Å². The lowest BCUT2D eigenvalue weighted by Crippen LogP contribution is -2.11. The number of nitriles is 1. The molecule has 0 aliphatic rings. The van der Waals surface area contributed by atoms with Crippen LogP contribution in [-0.4, -0.2) is 18.3 Å². The third kappa shape index (κ3) is 4.34. The van der Waals surface area contributed by atoms with Gasteiger partial charge in [0.1, 0.15) is 12.2 Å². The fraction of sp³-hybridized carbons (Fsp3) is 0.167. The topological polar surface area (TPSA) is 79.2 Å². The highest BCUT2D eigenvalue weighted by Crippen LogP contribution is 2.25. The molecule has 0 unspecified atom stereocenters. The standard InChI is InChI=1S/C18H15ClN2O3/c1-2-24-14-6-3-12(4-7-14)18(23)13-5-8-15(19)16(11-13)21-17(22)9-10-20/h3-8,11H,2,9H2,1H3,(H,21,22). The lowest BCUT2D eigenvalue weighted by atomic mass is 10.0. The molecule has 0 saturated heterocycles. The summed E-state index contributed by atoms with van der Waals surface area (Å²) >= 11 is 6.02. The van der Waals surface area contributed by atoms with Crippen LogP contribution in [-0.2, 0) is 4.79 Å². The number of rotatable bonds is 6. The zero-order valence-corrected chi connectivity index (χ0v) is 13.8. The van der Waals surface area contributed by atoms with Gasteiger partial charge in [0, 0.05) is 11.1 Å². The monoisotopic (exact) mass is 342 g/mol. The predicted molar refractivity (Wildman–Crippen MR) is 91.4 cm³/mol. The average molecular weight is 343 g/mol. The number of hydrogen-bond donors (Lipinski definition) is 1. The van der Waals surface area contributed by atoms with Crippen molar-refractivity contribution in [3.63, 3.8) is 0 Å². The minimum atomic E-state index is -0.481. The molecule has 0 aliphatic heterocycles. The second-order valence-electron chi connectivity index (χ2n) is 4.86. The highest BCUT2D eigenvalue weighted by molar-refractivity contribution is 6.34. The molecule has 2 rings (SSSR count). The molecule has 1 amide bonds. The molecular weight excluding hydrogens is 328 g/mol. The molecule has 122 valence electrons. The SMILES string of the molecule is CCOc1ccc(C(=O)c2ccc(Cl)c(NC(=O)CC#N)c2)cc1. The van der Waals surface area contributed by atoms with E-state index in [2.05, 4.69) is 5.32 Å². The Morgan fingerprint density at radius 1 is 1.17 bits per heavy atom. The van der Waals surface area contributed by atoms with Gasteiger partial charge in [0.05, 0.1) is 23.4 Å². The molecule has 6 heteroatoms. The molecule has 2 aromatic rings. The summed E-state index contributed by atoms with van der Waals surface area (Å²) < 4.78 is 5.35. The molecule has 2 aromatic carbocycles. The number of carbonyl (C=O) groups is 2. The fourth-order valence-corrected chi connectivity index (χ4v) is 2.23. The van der Waals surface area contributed by atoms with Crippen LogP contribution in [0.5, 0.6) is 5.75 Å². The summed E-state index contributed by atoms with van der Waals surface area (Å²) in [5.41, 5.74) is 1.18. The van der Waals surface area contributed by atoms with Crippen LogP contribution in [0.15, 0.2) is 42.5 Å². The Labute approximate surface area is 144 Å². The van der Waals surface area contributed by atoms with Crippen LogP contribution in [0.25, 0.3) is 0 Å². The van der Waals surface area contributed by atoms with E-state index in [-0.39, 0.29) is 12.2 Å². The first-order valence-corrected chi connectivity index (χ1v) is 7.67. The van der Waals surface area contributed by atoms with Gasteiger partial charge >= 0.3 is 0 Å². The maximum absolute atomic E-state index is 12.5. The smallest absolute Gasteiger partial charge is 0.238 e. The summed E-state index contributed by atoms with van der Waals surface area (Å²) in [7, 11) is 0. The summed E-state index contributed by atoms with van der Waals surface area (Å²) in [5, 5.41) is 11.3. The van der Waals surface area contributed by atoms with Gasteiger partial charge in [-0.15, -0.1) is 0 Å². The molecule has 0 bridgehead atoms. The molecule has 5 nitrogen and oxygen atoms in total. The van der Waals surface area contributed by atoms with Gasteiger partial charge in [-0.05, 0) is 49.4 Å². The van der Waals surface area contributed by atoms with Gasteiger partial charge in [0.2, 0.25) is 5.91 Å². The first-order valence-electron chi connectivity index (χ1n) is 7.29. The van der Waals surface area contributed by atoms with E-state index in [1.54, 1.807) is 36.4 Å². The average Bonchev–Trinajstić information content (AvgIpc) is 2.57. The summed E-state index contributed by atoms with van der Waals surface area (Å²) in [5.74, 6) is 0.00479. The van der Waals surface area contributed by atoms with Crippen molar-refractivity contribution in [3.8, 4) is 11.8 Å². The Kier molecular flexibility index (Phi) is 5.94. The second kappa shape index (κ2) is 8.14. The van der Waals surface area contributed by atoms with Crippen LogP contribution in [0.3, 0.4) is 0 Å². The van der Waals surface area contributed by atoms with E-state index < -0.39 is 5.91 Å². The van der Waals surface area contributed by atoms with Gasteiger partial charge in [0.25, 0.3) is 0 Å². The number of anilines is 1. The molecule has 24 heavy (non-hydrogen) atoms. The van der Waals surface area contributed by atoms with Crippen molar-refractivity contribution in [1.29, 1.82) is 5.26 Å². The predicted octanol–water partition coefficient (Wildman–Crippen LogP) is 3.82. The number of halogens is 1. The van der Waals surface area contributed by atoms with Crippen LogP contribution in [0.2, 0.25) is 5.02 Å². The van der Waals surface area contributed by atoms with Crippen molar-refractivity contribution in [3.05, 3.63) is 58.6 Å². The number of nitrogens with zero attached hydrogens (tertiary/aromatic N) is 1. The van der Waals surface area contributed by atoms with Crippen molar-refractivity contribution >= 4 is 29.0 Å². The molecule has 0 radical (unpaired) electrons. The normalized spacial score (nSPS) is 9.88. The van der Waals surface area contributed by atoms with E-state index in [0.717, 1.165) is 0 Å². The number of hydrogen-bond acceptors (Lipinski definition) is 4. The number of ether oxygens (including phenoxy) is 1. The summed E-state index contributed by atoms with van der Waals surface area (Å²) in [4.78, 5) is 24.1. The van der Waals surface area contributed by atoms with Crippen LogP contribution in [0.4, 0.5) is 5.69 Å². The Morgan fingerprint density at radius 2 is 1.83 bits per heavy atom. The third-order valence-electron chi connectivity index (χ3n) is 3.17. The molecule has 0 aromatic heterocycles. The van der Waals surface area contributed by atoms with Crippen LogP contribution >= 0.6 is 11.6 Å². The van der Waals surface area contributed by atoms with Crippen molar-refractivity contribution in [2.45, 2.75) is 13.3 Å². The van der Waals surface area contributed by atoms with E-state index in [1.807, 2.05) is 6.92 Å². The minimum Gasteiger partial charge on any atom is -0.494 e. The first-order chi connectivity index (χ1) is 11.5. The highest BCUT2D eigenvalue weighted by atomic mass is 35.5. The zero-order valence-electron chi connectivity index (χ0n) is 13.0. The minimum absolute atomic E-state index is 0.203. The fourth-order valence-electron chi connectivity index (χ4n) is 2.06. The highest BCUT2D eigenvalue weighted by Gasteiger charge is 2.13. The van der Waals surface area contributed by atoms with Gasteiger partial charge in [-0.3, -0.25) is 9.59 Å². The third-order valence-corrected chi connectivity index (χ3v) is 3.50. The molecule has 0 spiro atoms. The molecular formula is C18H15ClN2O3. The Balaban J connectivity index is 2.23. The lowest BCUT2D eigenvalue weighted by Gasteiger charge is -2.09. The molecule has 0 saturated carbocycles. The van der Waals surface area contributed by atoms with E-state index in [9.17, 15) is 9.59 Å². The van der Waals surface area contributed by atoms with Gasteiger partial charge in [-0.2, -0.15) is 5.26 Å². The van der Waals surface area contributed by atoms with Crippen molar-refractivity contribution < 1.29 is 14.3 Å². The van der Waals surface area contributed by atoms with Crippen LogP contribution in [0.1, 0.15) is 29.3 Å². The largest absolute Gasteiger partial charge is 0.494 e. The van der Waals surface area contributed by atoms with E-state index >= 15 is 0 Å².